The van der Waals surface area contributed by atoms with E-state index in [1.807, 2.05) is 0 Å². The topological polar surface area (TPSA) is 75.9 Å². The van der Waals surface area contributed by atoms with Gasteiger partial charge in [-0.05, 0) is 41.4 Å². The van der Waals surface area contributed by atoms with Gasteiger partial charge in [-0.25, -0.2) is 14.6 Å². The Morgan fingerprint density at radius 3 is 2.88 bits per heavy atom. The SMILES string of the molecule is O=c1cccnn1CCN1CCCCC1CNc1ncc(Br)cn1. The Balaban J connectivity index is 1.56. The number of hydrogen-bond acceptors (Lipinski definition) is 6. The van der Waals surface area contributed by atoms with Crippen LogP contribution in [0.4, 0.5) is 5.95 Å². The molecule has 1 atom stereocenters. The molecule has 0 saturated carbocycles. The zero-order valence-electron chi connectivity index (χ0n) is 13.4. The van der Waals surface area contributed by atoms with Crippen molar-refractivity contribution in [3.8, 4) is 0 Å². The molecule has 8 heteroatoms. The molecule has 1 saturated heterocycles. The van der Waals surface area contributed by atoms with Crippen molar-refractivity contribution in [1.29, 1.82) is 0 Å². The number of piperidine rings is 1. The number of halogens is 1. The Hall–Kier alpha value is -1.80. The van der Waals surface area contributed by atoms with E-state index in [1.54, 1.807) is 30.7 Å². The summed E-state index contributed by atoms with van der Waals surface area (Å²) in [7, 11) is 0. The summed E-state index contributed by atoms with van der Waals surface area (Å²) >= 11 is 3.34. The summed E-state index contributed by atoms with van der Waals surface area (Å²) < 4.78 is 2.39. The molecule has 7 nitrogen and oxygen atoms in total. The average molecular weight is 393 g/mol. The fraction of sp³-hybridized carbons (Fsp3) is 0.500. The van der Waals surface area contributed by atoms with E-state index < -0.39 is 0 Å². The molecule has 0 radical (unpaired) electrons. The molecular formula is C16H21BrN6O. The number of hydrogen-bond donors (Lipinski definition) is 1. The second-order valence-corrected chi connectivity index (χ2v) is 6.79. The normalized spacial score (nSPS) is 18.5. The highest BCUT2D eigenvalue weighted by molar-refractivity contribution is 9.10. The smallest absolute Gasteiger partial charge is 0.266 e. The maximum Gasteiger partial charge on any atom is 0.266 e. The lowest BCUT2D eigenvalue weighted by molar-refractivity contribution is 0.148. The maximum atomic E-state index is 11.8. The van der Waals surface area contributed by atoms with Gasteiger partial charge < -0.3 is 5.32 Å². The van der Waals surface area contributed by atoms with E-state index in [1.165, 1.54) is 17.5 Å². The summed E-state index contributed by atoms with van der Waals surface area (Å²) in [4.78, 5) is 22.7. The summed E-state index contributed by atoms with van der Waals surface area (Å²) in [6, 6.07) is 3.64. The highest BCUT2D eigenvalue weighted by Crippen LogP contribution is 2.17. The fourth-order valence-electron chi connectivity index (χ4n) is 2.98. The molecule has 0 spiro atoms. The van der Waals surface area contributed by atoms with Crippen LogP contribution in [-0.4, -0.2) is 50.3 Å². The molecule has 0 bridgehead atoms. The first-order chi connectivity index (χ1) is 11.7. The van der Waals surface area contributed by atoms with Crippen LogP contribution >= 0.6 is 15.9 Å². The molecule has 1 aliphatic rings. The van der Waals surface area contributed by atoms with Crippen LogP contribution in [0, 0.1) is 0 Å². The van der Waals surface area contributed by atoms with Crippen molar-refractivity contribution < 1.29 is 0 Å². The van der Waals surface area contributed by atoms with Gasteiger partial charge in [0.1, 0.15) is 0 Å². The van der Waals surface area contributed by atoms with Crippen molar-refractivity contribution in [3.05, 3.63) is 45.5 Å². The van der Waals surface area contributed by atoms with Crippen LogP contribution in [-0.2, 0) is 6.54 Å². The molecule has 1 aliphatic heterocycles. The number of nitrogens with zero attached hydrogens (tertiary/aromatic N) is 5. The van der Waals surface area contributed by atoms with E-state index in [0.29, 0.717) is 18.5 Å². The monoisotopic (exact) mass is 392 g/mol. The van der Waals surface area contributed by atoms with E-state index in [-0.39, 0.29) is 5.56 Å². The molecule has 0 aliphatic carbocycles. The standard InChI is InChI=1S/C16H21BrN6O/c17-13-10-18-16(19-11-13)20-12-14-4-1-2-7-22(14)8-9-23-15(24)5-3-6-21-23/h3,5-6,10-11,14H,1-2,4,7-9,12H2,(H,18,19,20). The second kappa shape index (κ2) is 8.34. The first-order valence-electron chi connectivity index (χ1n) is 8.20. The third kappa shape index (κ3) is 4.61. The molecule has 24 heavy (non-hydrogen) atoms. The summed E-state index contributed by atoms with van der Waals surface area (Å²) in [5.74, 6) is 0.643. The van der Waals surface area contributed by atoms with Crippen LogP contribution in [0.15, 0.2) is 40.0 Å². The molecular weight excluding hydrogens is 372 g/mol. The molecule has 1 fully saturated rings. The number of aromatic nitrogens is 4. The van der Waals surface area contributed by atoms with Gasteiger partial charge in [-0.2, -0.15) is 5.10 Å². The highest BCUT2D eigenvalue weighted by Gasteiger charge is 2.22. The second-order valence-electron chi connectivity index (χ2n) is 5.88. The summed E-state index contributed by atoms with van der Waals surface area (Å²) in [6.07, 6.45) is 8.70. The number of nitrogens with one attached hydrogen (secondary N) is 1. The van der Waals surface area contributed by atoms with Crippen molar-refractivity contribution in [3.63, 3.8) is 0 Å². The largest absolute Gasteiger partial charge is 0.353 e. The van der Waals surface area contributed by atoms with E-state index >= 15 is 0 Å². The predicted molar refractivity (Wildman–Crippen MR) is 95.9 cm³/mol. The molecule has 0 amide bonds. The molecule has 128 valence electrons. The molecule has 2 aromatic rings. The highest BCUT2D eigenvalue weighted by atomic mass is 79.9. The van der Waals surface area contributed by atoms with Crippen molar-refractivity contribution in [2.45, 2.75) is 31.8 Å². The van der Waals surface area contributed by atoms with Crippen LogP contribution in [0.3, 0.4) is 0 Å². The first kappa shape index (κ1) is 17.0. The van der Waals surface area contributed by atoms with Crippen LogP contribution < -0.4 is 10.9 Å². The quantitative estimate of drug-likeness (QED) is 0.806. The lowest BCUT2D eigenvalue weighted by Gasteiger charge is -2.35. The minimum Gasteiger partial charge on any atom is -0.353 e. The Bertz CT molecular complexity index is 704. The van der Waals surface area contributed by atoms with Crippen molar-refractivity contribution in [2.24, 2.45) is 0 Å². The third-order valence-electron chi connectivity index (χ3n) is 4.25. The van der Waals surface area contributed by atoms with E-state index in [0.717, 1.165) is 30.5 Å². The molecule has 3 rings (SSSR count). The van der Waals surface area contributed by atoms with Crippen LogP contribution in [0.5, 0.6) is 0 Å². The zero-order valence-corrected chi connectivity index (χ0v) is 15.0. The summed E-state index contributed by atoms with van der Waals surface area (Å²) in [5.41, 5.74) is -0.0487. The molecule has 1 N–H and O–H groups in total. The Labute approximate surface area is 149 Å². The predicted octanol–water partition coefficient (Wildman–Crippen LogP) is 1.76. The van der Waals surface area contributed by atoms with Gasteiger partial charge >= 0.3 is 0 Å². The van der Waals surface area contributed by atoms with Gasteiger partial charge in [0.2, 0.25) is 5.95 Å². The minimum absolute atomic E-state index is 0.0487. The van der Waals surface area contributed by atoms with Gasteiger partial charge in [0, 0.05) is 43.8 Å². The van der Waals surface area contributed by atoms with Gasteiger partial charge in [-0.3, -0.25) is 9.69 Å². The number of rotatable bonds is 6. The Kier molecular flexibility index (Phi) is 5.92. The Morgan fingerprint density at radius 2 is 2.08 bits per heavy atom. The number of likely N-dealkylation sites (tertiary alicyclic amines) is 1. The van der Waals surface area contributed by atoms with Crippen molar-refractivity contribution in [2.75, 3.05) is 25.0 Å². The van der Waals surface area contributed by atoms with Crippen LogP contribution in [0.25, 0.3) is 0 Å². The summed E-state index contributed by atoms with van der Waals surface area (Å²) in [5, 5.41) is 7.44. The van der Waals surface area contributed by atoms with E-state index in [9.17, 15) is 4.79 Å². The van der Waals surface area contributed by atoms with Gasteiger partial charge in [0.05, 0.1) is 11.0 Å². The molecule has 1 unspecified atom stereocenters. The van der Waals surface area contributed by atoms with Crippen molar-refractivity contribution in [1.82, 2.24) is 24.6 Å². The van der Waals surface area contributed by atoms with Crippen LogP contribution in [0.2, 0.25) is 0 Å². The average Bonchev–Trinajstić information content (AvgIpc) is 2.61. The van der Waals surface area contributed by atoms with Gasteiger partial charge in [-0.1, -0.05) is 6.42 Å². The molecule has 3 heterocycles. The lowest BCUT2D eigenvalue weighted by Crippen LogP contribution is -2.45. The zero-order chi connectivity index (χ0) is 16.8. The van der Waals surface area contributed by atoms with Crippen molar-refractivity contribution >= 4 is 21.9 Å². The van der Waals surface area contributed by atoms with Gasteiger partial charge in [0.15, 0.2) is 0 Å². The third-order valence-corrected chi connectivity index (χ3v) is 4.66. The maximum absolute atomic E-state index is 11.8. The molecule has 2 aromatic heterocycles. The molecule has 0 aromatic carbocycles. The fourth-order valence-corrected chi connectivity index (χ4v) is 3.18. The lowest BCUT2D eigenvalue weighted by atomic mass is 10.0. The van der Waals surface area contributed by atoms with Crippen LogP contribution in [0.1, 0.15) is 19.3 Å². The minimum atomic E-state index is -0.0487. The summed E-state index contributed by atoms with van der Waals surface area (Å²) in [6.45, 7) is 3.29. The first-order valence-corrected chi connectivity index (χ1v) is 8.99. The Morgan fingerprint density at radius 1 is 1.25 bits per heavy atom. The number of anilines is 1. The van der Waals surface area contributed by atoms with E-state index in [4.69, 9.17) is 0 Å². The van der Waals surface area contributed by atoms with Gasteiger partial charge in [0.25, 0.3) is 5.56 Å². The van der Waals surface area contributed by atoms with Gasteiger partial charge in [-0.15, -0.1) is 0 Å². The van der Waals surface area contributed by atoms with E-state index in [2.05, 4.69) is 41.2 Å².